The first kappa shape index (κ1) is 18.7. The zero-order valence-electron chi connectivity index (χ0n) is 16.5. The molecule has 1 heterocycles. The van der Waals surface area contributed by atoms with Gasteiger partial charge in [-0.3, -0.25) is 4.79 Å². The maximum Gasteiger partial charge on any atom is 0.256 e. The molecule has 4 heteroatoms. The number of hydrogen-bond acceptors (Lipinski definition) is 3. The van der Waals surface area contributed by atoms with Gasteiger partial charge in [0.2, 0.25) is 0 Å². The van der Waals surface area contributed by atoms with Crippen LogP contribution < -0.4 is 10.1 Å². The summed E-state index contributed by atoms with van der Waals surface area (Å²) in [6, 6.07) is 25.2. The average Bonchev–Trinajstić information content (AvgIpc) is 2.78. The van der Waals surface area contributed by atoms with Gasteiger partial charge in [-0.15, -0.1) is 0 Å². The zero-order chi connectivity index (χ0) is 20.2. The van der Waals surface area contributed by atoms with Gasteiger partial charge in [0.05, 0.1) is 29.6 Å². The molecule has 0 fully saturated rings. The Kier molecular flexibility index (Phi) is 5.25. The van der Waals surface area contributed by atoms with Gasteiger partial charge in [0.25, 0.3) is 5.91 Å². The van der Waals surface area contributed by atoms with Gasteiger partial charge in [0.15, 0.2) is 0 Å². The minimum absolute atomic E-state index is 0.195. The largest absolute Gasteiger partial charge is 0.495 e. The van der Waals surface area contributed by atoms with Gasteiger partial charge >= 0.3 is 0 Å². The summed E-state index contributed by atoms with van der Waals surface area (Å²) < 4.78 is 5.36. The van der Waals surface area contributed by atoms with Gasteiger partial charge in [-0.2, -0.15) is 0 Å². The van der Waals surface area contributed by atoms with Crippen LogP contribution in [0.1, 0.15) is 22.8 Å². The highest BCUT2D eigenvalue weighted by Crippen LogP contribution is 2.28. The molecule has 0 aliphatic rings. The number of hydrogen-bond donors (Lipinski definition) is 1. The number of carbonyl (C=O) groups excluding carboxylic acids is 1. The summed E-state index contributed by atoms with van der Waals surface area (Å²) in [7, 11) is 1.59. The first-order chi connectivity index (χ1) is 14.2. The maximum absolute atomic E-state index is 13.2. The fourth-order valence-corrected chi connectivity index (χ4v) is 3.36. The monoisotopic (exact) mass is 382 g/mol. The molecule has 4 nitrogen and oxygen atoms in total. The smallest absolute Gasteiger partial charge is 0.256 e. The number of benzene rings is 3. The van der Waals surface area contributed by atoms with Crippen molar-refractivity contribution in [2.75, 3.05) is 12.4 Å². The second-order valence-corrected chi connectivity index (χ2v) is 6.78. The van der Waals surface area contributed by atoms with E-state index in [9.17, 15) is 4.79 Å². The van der Waals surface area contributed by atoms with E-state index in [1.54, 1.807) is 7.11 Å². The number of nitrogens with zero attached hydrogens (tertiary/aromatic N) is 1. The fourth-order valence-electron chi connectivity index (χ4n) is 3.36. The molecule has 144 valence electrons. The van der Waals surface area contributed by atoms with Crippen LogP contribution in [0.4, 0.5) is 5.69 Å². The molecule has 0 spiro atoms. The highest BCUT2D eigenvalue weighted by Gasteiger charge is 2.15. The third kappa shape index (κ3) is 3.83. The third-order valence-corrected chi connectivity index (χ3v) is 4.97. The molecule has 3 aromatic carbocycles. The van der Waals surface area contributed by atoms with Gasteiger partial charge in [-0.05, 0) is 36.2 Å². The van der Waals surface area contributed by atoms with Crippen LogP contribution in [-0.4, -0.2) is 18.0 Å². The SMILES string of the molecule is CCc1ccc(-c2cc(C(=O)Nc3ccccc3OC)c3ccccc3n2)cc1. The molecular formula is C25H22N2O2. The minimum atomic E-state index is -0.195. The number of para-hydroxylation sites is 3. The summed E-state index contributed by atoms with van der Waals surface area (Å²) in [5, 5.41) is 3.79. The summed E-state index contributed by atoms with van der Waals surface area (Å²) >= 11 is 0. The van der Waals surface area contributed by atoms with Crippen molar-refractivity contribution in [1.82, 2.24) is 4.98 Å². The molecular weight excluding hydrogens is 360 g/mol. The van der Waals surface area contributed by atoms with E-state index in [-0.39, 0.29) is 5.91 Å². The van der Waals surface area contributed by atoms with E-state index < -0.39 is 0 Å². The van der Waals surface area contributed by atoms with Gasteiger partial charge < -0.3 is 10.1 Å². The van der Waals surface area contributed by atoms with Crippen LogP contribution in [0.25, 0.3) is 22.2 Å². The number of aryl methyl sites for hydroxylation is 1. The topological polar surface area (TPSA) is 51.2 Å². The Morgan fingerprint density at radius 3 is 2.45 bits per heavy atom. The highest BCUT2D eigenvalue weighted by atomic mass is 16.5. The van der Waals surface area contributed by atoms with E-state index in [2.05, 4.69) is 36.5 Å². The number of amides is 1. The number of nitrogens with one attached hydrogen (secondary N) is 1. The number of fused-ring (bicyclic) bond motifs is 1. The van der Waals surface area contributed by atoms with Crippen molar-refractivity contribution in [2.24, 2.45) is 0 Å². The van der Waals surface area contributed by atoms with Gasteiger partial charge in [0.1, 0.15) is 5.75 Å². The molecule has 0 aliphatic heterocycles. The van der Waals surface area contributed by atoms with Crippen molar-refractivity contribution in [1.29, 1.82) is 0 Å². The number of rotatable bonds is 5. The molecule has 0 atom stereocenters. The average molecular weight is 382 g/mol. The van der Waals surface area contributed by atoms with Gasteiger partial charge in [-0.25, -0.2) is 4.98 Å². The molecule has 0 aliphatic carbocycles. The van der Waals surface area contributed by atoms with Crippen molar-refractivity contribution in [2.45, 2.75) is 13.3 Å². The Labute approximate surface area is 170 Å². The van der Waals surface area contributed by atoms with E-state index in [1.165, 1.54) is 5.56 Å². The normalized spacial score (nSPS) is 10.7. The second kappa shape index (κ2) is 8.15. The van der Waals surface area contributed by atoms with Crippen LogP contribution >= 0.6 is 0 Å². The number of methoxy groups -OCH3 is 1. The number of ether oxygens (including phenoxy) is 1. The summed E-state index contributed by atoms with van der Waals surface area (Å²) in [5.41, 5.74) is 5.03. The zero-order valence-corrected chi connectivity index (χ0v) is 16.5. The lowest BCUT2D eigenvalue weighted by atomic mass is 10.0. The molecule has 1 amide bonds. The summed E-state index contributed by atoms with van der Waals surface area (Å²) in [4.78, 5) is 18.0. The molecule has 1 aromatic heterocycles. The lowest BCUT2D eigenvalue weighted by Gasteiger charge is -2.13. The molecule has 0 saturated carbocycles. The van der Waals surface area contributed by atoms with Crippen molar-refractivity contribution < 1.29 is 9.53 Å². The Hall–Kier alpha value is -3.66. The molecule has 0 bridgehead atoms. The van der Waals surface area contributed by atoms with E-state index in [1.807, 2.05) is 54.6 Å². The van der Waals surface area contributed by atoms with Crippen LogP contribution in [0.3, 0.4) is 0 Å². The second-order valence-electron chi connectivity index (χ2n) is 6.78. The lowest BCUT2D eigenvalue weighted by molar-refractivity contribution is 0.102. The van der Waals surface area contributed by atoms with Crippen LogP contribution in [-0.2, 0) is 6.42 Å². The molecule has 0 unspecified atom stereocenters. The lowest BCUT2D eigenvalue weighted by Crippen LogP contribution is -2.13. The van der Waals surface area contributed by atoms with E-state index in [0.717, 1.165) is 28.6 Å². The van der Waals surface area contributed by atoms with E-state index >= 15 is 0 Å². The van der Waals surface area contributed by atoms with Crippen molar-refractivity contribution >= 4 is 22.5 Å². The number of aromatic nitrogens is 1. The van der Waals surface area contributed by atoms with Crippen molar-refractivity contribution in [3.8, 4) is 17.0 Å². The summed E-state index contributed by atoms with van der Waals surface area (Å²) in [6.45, 7) is 2.13. The quantitative estimate of drug-likeness (QED) is 0.480. The van der Waals surface area contributed by atoms with Crippen LogP contribution in [0.15, 0.2) is 78.9 Å². The summed E-state index contributed by atoms with van der Waals surface area (Å²) in [5.74, 6) is 0.425. The standard InChI is InChI=1S/C25H22N2O2/c1-3-17-12-14-18(15-13-17)23-16-20(19-8-4-5-9-21(19)26-23)25(28)27-22-10-6-7-11-24(22)29-2/h4-16H,3H2,1-2H3,(H,27,28). The first-order valence-corrected chi connectivity index (χ1v) is 9.63. The summed E-state index contributed by atoms with van der Waals surface area (Å²) in [6.07, 6.45) is 0.984. The van der Waals surface area contributed by atoms with Crippen molar-refractivity contribution in [3.63, 3.8) is 0 Å². The van der Waals surface area contributed by atoms with Crippen LogP contribution in [0.5, 0.6) is 5.75 Å². The van der Waals surface area contributed by atoms with Crippen LogP contribution in [0, 0.1) is 0 Å². The molecule has 0 radical (unpaired) electrons. The Bertz CT molecular complexity index is 1170. The van der Waals surface area contributed by atoms with Gasteiger partial charge in [-0.1, -0.05) is 61.5 Å². The number of pyridine rings is 1. The fraction of sp³-hybridized carbons (Fsp3) is 0.120. The predicted molar refractivity (Wildman–Crippen MR) is 118 cm³/mol. The maximum atomic E-state index is 13.2. The number of anilines is 1. The molecule has 1 N–H and O–H groups in total. The molecule has 4 aromatic rings. The Morgan fingerprint density at radius 1 is 0.966 bits per heavy atom. The Morgan fingerprint density at radius 2 is 1.69 bits per heavy atom. The molecule has 4 rings (SSSR count). The van der Waals surface area contributed by atoms with Crippen molar-refractivity contribution in [3.05, 3.63) is 90.0 Å². The number of carbonyl (C=O) groups is 1. The van der Waals surface area contributed by atoms with E-state index in [0.29, 0.717) is 17.0 Å². The third-order valence-electron chi connectivity index (χ3n) is 4.97. The first-order valence-electron chi connectivity index (χ1n) is 9.63. The molecule has 0 saturated heterocycles. The minimum Gasteiger partial charge on any atom is -0.495 e. The van der Waals surface area contributed by atoms with Gasteiger partial charge in [0, 0.05) is 10.9 Å². The van der Waals surface area contributed by atoms with E-state index in [4.69, 9.17) is 9.72 Å². The van der Waals surface area contributed by atoms with Crippen LogP contribution in [0.2, 0.25) is 0 Å². The highest BCUT2D eigenvalue weighted by molar-refractivity contribution is 6.13. The Balaban J connectivity index is 1.79. The molecule has 29 heavy (non-hydrogen) atoms. The predicted octanol–water partition coefficient (Wildman–Crippen LogP) is 5.73.